The van der Waals surface area contributed by atoms with Crippen molar-refractivity contribution in [3.8, 4) is 5.75 Å². The van der Waals surface area contributed by atoms with Crippen molar-refractivity contribution in [1.82, 2.24) is 10.9 Å². The Hall–Kier alpha value is -3.39. The molecule has 0 saturated carbocycles. The summed E-state index contributed by atoms with van der Waals surface area (Å²) in [5.74, 6) is 0.291. The van der Waals surface area contributed by atoms with Crippen LogP contribution >= 0.6 is 11.6 Å². The second-order valence-electron chi connectivity index (χ2n) is 8.80. The van der Waals surface area contributed by atoms with Gasteiger partial charge in [0, 0.05) is 16.6 Å². The van der Waals surface area contributed by atoms with Crippen LogP contribution in [0.5, 0.6) is 5.75 Å². The van der Waals surface area contributed by atoms with Crippen molar-refractivity contribution in [2.75, 3.05) is 18.1 Å². The number of nitrogens with zero attached hydrogens (tertiary/aromatic N) is 1. The molecule has 2 fully saturated rings. The molecule has 7 nitrogen and oxygen atoms in total. The molecule has 0 radical (unpaired) electrons. The molecule has 0 spiro atoms. The SMILES string of the molecule is CCOC(=O)c1ccc(N2C(=O)C3NNC(c4ccc(OCC)cc4)C3C2c2ccc(Cl)cc2)cc1. The molecule has 8 heteroatoms. The number of carbonyl (C=O) groups excluding carboxylic acids is 2. The van der Waals surface area contributed by atoms with Gasteiger partial charge in [-0.25, -0.2) is 15.6 Å². The molecular weight excluding hydrogens is 478 g/mol. The first-order valence-electron chi connectivity index (χ1n) is 12.1. The Balaban J connectivity index is 1.53. The van der Waals surface area contributed by atoms with Crippen LogP contribution < -0.4 is 20.5 Å². The fraction of sp³-hybridized carbons (Fsp3) is 0.286. The highest BCUT2D eigenvalue weighted by Gasteiger charge is 2.56. The third kappa shape index (κ3) is 4.46. The van der Waals surface area contributed by atoms with E-state index in [4.69, 9.17) is 21.1 Å². The van der Waals surface area contributed by atoms with Crippen LogP contribution in [0.2, 0.25) is 5.02 Å². The number of fused-ring (bicyclic) bond motifs is 1. The van der Waals surface area contributed by atoms with Crippen LogP contribution in [0.3, 0.4) is 0 Å². The van der Waals surface area contributed by atoms with Crippen molar-refractivity contribution in [2.24, 2.45) is 5.92 Å². The number of anilines is 1. The number of halogens is 1. The lowest BCUT2D eigenvalue weighted by atomic mass is 9.83. The van der Waals surface area contributed by atoms with Crippen molar-refractivity contribution >= 4 is 29.2 Å². The van der Waals surface area contributed by atoms with E-state index < -0.39 is 6.04 Å². The first-order valence-corrected chi connectivity index (χ1v) is 12.5. The molecule has 4 atom stereocenters. The maximum absolute atomic E-state index is 13.8. The zero-order valence-electron chi connectivity index (χ0n) is 20.1. The third-order valence-corrected chi connectivity index (χ3v) is 6.98. The molecular formula is C28H28ClN3O4. The second-order valence-corrected chi connectivity index (χ2v) is 9.23. The molecule has 0 aromatic heterocycles. The summed E-state index contributed by atoms with van der Waals surface area (Å²) in [7, 11) is 0. The minimum Gasteiger partial charge on any atom is -0.494 e. The summed E-state index contributed by atoms with van der Waals surface area (Å²) in [5.41, 5.74) is 9.80. The van der Waals surface area contributed by atoms with E-state index in [1.165, 1.54) is 0 Å². The average molecular weight is 506 g/mol. The van der Waals surface area contributed by atoms with Crippen molar-refractivity contribution in [3.05, 3.63) is 94.5 Å². The Morgan fingerprint density at radius 1 is 0.861 bits per heavy atom. The van der Waals surface area contributed by atoms with E-state index in [0.717, 1.165) is 22.6 Å². The minimum absolute atomic E-state index is 0.0372. The topological polar surface area (TPSA) is 79.9 Å². The van der Waals surface area contributed by atoms with E-state index in [9.17, 15) is 9.59 Å². The van der Waals surface area contributed by atoms with E-state index in [-0.39, 0.29) is 29.9 Å². The Labute approximate surface area is 215 Å². The first kappa shape index (κ1) is 24.3. The third-order valence-electron chi connectivity index (χ3n) is 6.73. The van der Waals surface area contributed by atoms with E-state index >= 15 is 0 Å². The summed E-state index contributed by atoms with van der Waals surface area (Å²) in [4.78, 5) is 27.7. The van der Waals surface area contributed by atoms with Gasteiger partial charge in [0.25, 0.3) is 0 Å². The molecule has 2 aliphatic heterocycles. The molecule has 4 unspecified atom stereocenters. The lowest BCUT2D eigenvalue weighted by Crippen LogP contribution is -2.41. The Morgan fingerprint density at radius 3 is 2.14 bits per heavy atom. The van der Waals surface area contributed by atoms with Crippen LogP contribution in [0.25, 0.3) is 0 Å². The fourth-order valence-corrected chi connectivity index (χ4v) is 5.28. The van der Waals surface area contributed by atoms with Crippen LogP contribution in [-0.4, -0.2) is 31.1 Å². The number of hydrogen-bond donors (Lipinski definition) is 2. The minimum atomic E-state index is -0.424. The molecule has 2 N–H and O–H groups in total. The number of amides is 1. The predicted molar refractivity (Wildman–Crippen MR) is 138 cm³/mol. The van der Waals surface area contributed by atoms with Crippen molar-refractivity contribution in [3.63, 3.8) is 0 Å². The van der Waals surface area contributed by atoms with Gasteiger partial charge in [0.2, 0.25) is 5.91 Å². The summed E-state index contributed by atoms with van der Waals surface area (Å²) < 4.78 is 10.7. The first-order chi connectivity index (χ1) is 17.5. The fourth-order valence-electron chi connectivity index (χ4n) is 5.15. The van der Waals surface area contributed by atoms with Crippen LogP contribution in [0, 0.1) is 5.92 Å². The van der Waals surface area contributed by atoms with Gasteiger partial charge in [-0.05, 0) is 73.5 Å². The van der Waals surface area contributed by atoms with Crippen molar-refractivity contribution in [2.45, 2.75) is 32.0 Å². The number of nitrogens with one attached hydrogen (secondary N) is 2. The smallest absolute Gasteiger partial charge is 0.338 e. The van der Waals surface area contributed by atoms with Crippen LogP contribution in [-0.2, 0) is 9.53 Å². The number of benzene rings is 3. The Morgan fingerprint density at radius 2 is 1.50 bits per heavy atom. The van der Waals surface area contributed by atoms with Crippen LogP contribution in [0.4, 0.5) is 5.69 Å². The number of esters is 1. The molecule has 2 saturated heterocycles. The summed E-state index contributed by atoms with van der Waals surface area (Å²) in [6.07, 6.45) is 0. The maximum Gasteiger partial charge on any atom is 0.338 e. The van der Waals surface area contributed by atoms with Gasteiger partial charge in [-0.3, -0.25) is 4.79 Å². The average Bonchev–Trinajstić information content (AvgIpc) is 3.44. The van der Waals surface area contributed by atoms with Gasteiger partial charge in [0.05, 0.1) is 30.9 Å². The van der Waals surface area contributed by atoms with Crippen molar-refractivity contribution < 1.29 is 19.1 Å². The number of carbonyl (C=O) groups is 2. The molecule has 186 valence electrons. The molecule has 36 heavy (non-hydrogen) atoms. The molecule has 3 aromatic rings. The van der Waals surface area contributed by atoms with Gasteiger partial charge in [0.1, 0.15) is 11.8 Å². The molecule has 2 aliphatic rings. The molecule has 0 aliphatic carbocycles. The monoisotopic (exact) mass is 505 g/mol. The number of hydrazine groups is 1. The van der Waals surface area contributed by atoms with E-state index in [0.29, 0.717) is 23.8 Å². The maximum atomic E-state index is 13.8. The van der Waals surface area contributed by atoms with Crippen molar-refractivity contribution in [1.29, 1.82) is 0 Å². The highest BCUT2D eigenvalue weighted by molar-refractivity contribution is 6.30. The zero-order valence-corrected chi connectivity index (χ0v) is 20.9. The predicted octanol–water partition coefficient (Wildman–Crippen LogP) is 4.84. The number of ether oxygens (including phenoxy) is 2. The lowest BCUT2D eigenvalue weighted by Gasteiger charge is -2.31. The second kappa shape index (κ2) is 10.3. The zero-order chi connectivity index (χ0) is 25.2. The number of rotatable bonds is 7. The normalized spacial score (nSPS) is 23.0. The van der Waals surface area contributed by atoms with E-state index in [1.807, 2.05) is 60.4 Å². The van der Waals surface area contributed by atoms with Gasteiger partial charge < -0.3 is 14.4 Å². The van der Waals surface area contributed by atoms with Crippen LogP contribution in [0.15, 0.2) is 72.8 Å². The Kier molecular flexibility index (Phi) is 6.96. The molecule has 0 bridgehead atoms. The summed E-state index contributed by atoms with van der Waals surface area (Å²) in [5, 5.41) is 0.635. The molecule has 2 heterocycles. The standard InChI is InChI=1S/C28H28ClN3O4/c1-3-35-22-15-9-17(10-16-22)24-23-25(31-30-24)27(33)32(26(23)18-5-11-20(29)12-6-18)21-13-7-19(8-14-21)28(34)36-4-2/h5-16,23-26,30-31H,3-4H2,1-2H3. The van der Waals surface area contributed by atoms with Gasteiger partial charge in [0.15, 0.2) is 0 Å². The molecule has 3 aromatic carbocycles. The van der Waals surface area contributed by atoms with Gasteiger partial charge in [-0.1, -0.05) is 35.9 Å². The summed E-state index contributed by atoms with van der Waals surface area (Å²) in [6, 6.07) is 21.8. The molecule has 1 amide bonds. The summed E-state index contributed by atoms with van der Waals surface area (Å²) >= 11 is 6.19. The van der Waals surface area contributed by atoms with Crippen LogP contribution in [0.1, 0.15) is 47.4 Å². The Bertz CT molecular complexity index is 1230. The largest absolute Gasteiger partial charge is 0.494 e. The van der Waals surface area contributed by atoms with E-state index in [1.54, 1.807) is 31.2 Å². The lowest BCUT2D eigenvalue weighted by molar-refractivity contribution is -0.119. The highest BCUT2D eigenvalue weighted by atomic mass is 35.5. The molecule has 5 rings (SSSR count). The van der Waals surface area contributed by atoms with E-state index in [2.05, 4.69) is 10.9 Å². The van der Waals surface area contributed by atoms with Gasteiger partial charge in [-0.15, -0.1) is 0 Å². The van der Waals surface area contributed by atoms with Gasteiger partial charge in [-0.2, -0.15) is 0 Å². The summed E-state index contributed by atoms with van der Waals surface area (Å²) in [6.45, 7) is 4.63. The highest BCUT2D eigenvalue weighted by Crippen LogP contribution is 2.49. The van der Waals surface area contributed by atoms with Gasteiger partial charge >= 0.3 is 5.97 Å². The number of hydrogen-bond acceptors (Lipinski definition) is 6. The quantitative estimate of drug-likeness (QED) is 0.447.